The molecule has 0 fully saturated rings. The average molecular weight is 176 g/mol. The van der Waals surface area contributed by atoms with Crippen molar-refractivity contribution in [1.82, 2.24) is 0 Å². The number of ether oxygens (including phenoxy) is 1. The zero-order valence-electron chi connectivity index (χ0n) is 7.07. The summed E-state index contributed by atoms with van der Waals surface area (Å²) in [7, 11) is 1.48. The van der Waals surface area contributed by atoms with Crippen LogP contribution in [0.4, 0.5) is 0 Å². The Kier molecular flexibility index (Phi) is 2.56. The quantitative estimate of drug-likeness (QED) is 0.692. The monoisotopic (exact) mass is 176 g/mol. The molecule has 0 aromatic heterocycles. The molecular formula is C10H8O3. The fourth-order valence-electron chi connectivity index (χ4n) is 0.954. The second-order valence-corrected chi connectivity index (χ2v) is 2.36. The fraction of sp³-hybridized carbons (Fsp3) is 0.100. The molecule has 0 amide bonds. The Balaban J connectivity index is 3.23. The summed E-state index contributed by atoms with van der Waals surface area (Å²) in [6, 6.07) is 4.39. The maximum Gasteiger partial charge on any atom is 0.335 e. The third kappa shape index (κ3) is 1.79. The van der Waals surface area contributed by atoms with Crippen LogP contribution in [0.5, 0.6) is 5.75 Å². The van der Waals surface area contributed by atoms with E-state index in [2.05, 4.69) is 5.92 Å². The van der Waals surface area contributed by atoms with E-state index in [-0.39, 0.29) is 5.56 Å². The van der Waals surface area contributed by atoms with Gasteiger partial charge in [0.05, 0.1) is 18.2 Å². The van der Waals surface area contributed by atoms with E-state index in [0.29, 0.717) is 11.3 Å². The number of rotatable bonds is 2. The molecule has 0 atom stereocenters. The number of terminal acetylenes is 1. The first kappa shape index (κ1) is 9.14. The van der Waals surface area contributed by atoms with Gasteiger partial charge < -0.3 is 9.84 Å². The maximum atomic E-state index is 10.6. The SMILES string of the molecule is C#Cc1cc(C(=O)O)ccc1OC. The van der Waals surface area contributed by atoms with E-state index in [1.54, 1.807) is 6.07 Å². The molecule has 0 saturated heterocycles. The number of benzene rings is 1. The molecule has 1 aromatic carbocycles. The maximum absolute atomic E-state index is 10.6. The highest BCUT2D eigenvalue weighted by molar-refractivity contribution is 5.88. The molecule has 0 saturated carbocycles. The highest BCUT2D eigenvalue weighted by atomic mass is 16.5. The summed E-state index contributed by atoms with van der Waals surface area (Å²) in [5.74, 6) is 1.86. The van der Waals surface area contributed by atoms with E-state index in [9.17, 15) is 4.79 Å². The minimum atomic E-state index is -1.00. The molecule has 0 aliphatic heterocycles. The number of carboxylic acid groups (broad SMARTS) is 1. The topological polar surface area (TPSA) is 46.5 Å². The molecule has 13 heavy (non-hydrogen) atoms. The second-order valence-electron chi connectivity index (χ2n) is 2.36. The summed E-state index contributed by atoms with van der Waals surface area (Å²) < 4.78 is 4.94. The minimum Gasteiger partial charge on any atom is -0.495 e. The van der Waals surface area contributed by atoms with Gasteiger partial charge in [-0.05, 0) is 18.2 Å². The molecule has 1 rings (SSSR count). The summed E-state index contributed by atoms with van der Waals surface area (Å²) in [4.78, 5) is 10.6. The normalized spacial score (nSPS) is 8.92. The van der Waals surface area contributed by atoms with E-state index in [0.717, 1.165) is 0 Å². The second kappa shape index (κ2) is 3.63. The van der Waals surface area contributed by atoms with Gasteiger partial charge in [0.1, 0.15) is 5.75 Å². The van der Waals surface area contributed by atoms with E-state index in [1.807, 2.05) is 0 Å². The average Bonchev–Trinajstić information content (AvgIpc) is 2.16. The molecule has 0 unspecified atom stereocenters. The highest BCUT2D eigenvalue weighted by Gasteiger charge is 2.06. The highest BCUT2D eigenvalue weighted by Crippen LogP contribution is 2.18. The molecule has 66 valence electrons. The van der Waals surface area contributed by atoms with Crippen LogP contribution in [0.25, 0.3) is 0 Å². The zero-order valence-corrected chi connectivity index (χ0v) is 7.07. The third-order valence-electron chi connectivity index (χ3n) is 1.60. The van der Waals surface area contributed by atoms with Gasteiger partial charge in [0.2, 0.25) is 0 Å². The Labute approximate surface area is 76.0 Å². The molecule has 0 aliphatic rings. The van der Waals surface area contributed by atoms with Crippen molar-refractivity contribution in [2.45, 2.75) is 0 Å². The molecule has 0 aliphatic carbocycles. The van der Waals surface area contributed by atoms with E-state index >= 15 is 0 Å². The first-order chi connectivity index (χ1) is 6.19. The van der Waals surface area contributed by atoms with Gasteiger partial charge in [-0.15, -0.1) is 6.42 Å². The van der Waals surface area contributed by atoms with Gasteiger partial charge in [0.25, 0.3) is 0 Å². The summed E-state index contributed by atoms with van der Waals surface area (Å²) in [5, 5.41) is 8.66. The predicted molar refractivity (Wildman–Crippen MR) is 47.9 cm³/mol. The van der Waals surface area contributed by atoms with Crippen molar-refractivity contribution in [3.63, 3.8) is 0 Å². The van der Waals surface area contributed by atoms with E-state index < -0.39 is 5.97 Å². The van der Waals surface area contributed by atoms with E-state index in [1.165, 1.54) is 19.2 Å². The van der Waals surface area contributed by atoms with Crippen LogP contribution in [0, 0.1) is 12.3 Å². The van der Waals surface area contributed by atoms with Gasteiger partial charge in [-0.3, -0.25) is 0 Å². The van der Waals surface area contributed by atoms with Crippen molar-refractivity contribution in [2.24, 2.45) is 0 Å². The van der Waals surface area contributed by atoms with Crippen molar-refractivity contribution in [3.8, 4) is 18.1 Å². The van der Waals surface area contributed by atoms with Gasteiger partial charge in [0.15, 0.2) is 0 Å². The Bertz CT molecular complexity index is 374. The Morgan fingerprint density at radius 1 is 1.62 bits per heavy atom. The predicted octanol–water partition coefficient (Wildman–Crippen LogP) is 1.37. The zero-order chi connectivity index (χ0) is 9.84. The van der Waals surface area contributed by atoms with Crippen molar-refractivity contribution in [2.75, 3.05) is 7.11 Å². The molecule has 0 spiro atoms. The van der Waals surface area contributed by atoms with Crippen LogP contribution >= 0.6 is 0 Å². The number of carboxylic acids is 1. The van der Waals surface area contributed by atoms with Gasteiger partial charge in [-0.1, -0.05) is 5.92 Å². The minimum absolute atomic E-state index is 0.161. The number of hydrogen-bond acceptors (Lipinski definition) is 2. The Morgan fingerprint density at radius 3 is 2.77 bits per heavy atom. The molecule has 3 heteroatoms. The summed E-state index contributed by atoms with van der Waals surface area (Å²) in [6.45, 7) is 0. The van der Waals surface area contributed by atoms with Crippen LogP contribution in [-0.2, 0) is 0 Å². The largest absolute Gasteiger partial charge is 0.495 e. The van der Waals surface area contributed by atoms with Gasteiger partial charge in [-0.25, -0.2) is 4.79 Å². The lowest BCUT2D eigenvalue weighted by atomic mass is 10.1. The summed E-state index contributed by atoms with van der Waals surface area (Å²) in [5.41, 5.74) is 0.608. The van der Waals surface area contributed by atoms with E-state index in [4.69, 9.17) is 16.3 Å². The van der Waals surface area contributed by atoms with Crippen LogP contribution in [-0.4, -0.2) is 18.2 Å². The molecule has 0 bridgehead atoms. The Morgan fingerprint density at radius 2 is 2.31 bits per heavy atom. The van der Waals surface area contributed by atoms with Crippen molar-refractivity contribution >= 4 is 5.97 Å². The molecule has 3 nitrogen and oxygen atoms in total. The summed E-state index contributed by atoms with van der Waals surface area (Å²) in [6.07, 6.45) is 5.17. The van der Waals surface area contributed by atoms with Gasteiger partial charge in [-0.2, -0.15) is 0 Å². The van der Waals surface area contributed by atoms with Crippen LogP contribution < -0.4 is 4.74 Å². The van der Waals surface area contributed by atoms with Crippen LogP contribution in [0.3, 0.4) is 0 Å². The first-order valence-electron chi connectivity index (χ1n) is 3.57. The van der Waals surface area contributed by atoms with Crippen LogP contribution in [0.1, 0.15) is 15.9 Å². The number of methoxy groups -OCH3 is 1. The molecule has 1 N–H and O–H groups in total. The third-order valence-corrected chi connectivity index (χ3v) is 1.60. The number of hydrogen-bond donors (Lipinski definition) is 1. The summed E-state index contributed by atoms with van der Waals surface area (Å²) >= 11 is 0. The van der Waals surface area contributed by atoms with Gasteiger partial charge in [0, 0.05) is 0 Å². The van der Waals surface area contributed by atoms with Gasteiger partial charge >= 0.3 is 5.97 Å². The van der Waals surface area contributed by atoms with Crippen molar-refractivity contribution < 1.29 is 14.6 Å². The molecule has 1 aromatic rings. The van der Waals surface area contributed by atoms with Crippen molar-refractivity contribution in [1.29, 1.82) is 0 Å². The first-order valence-corrected chi connectivity index (χ1v) is 3.57. The number of aromatic carboxylic acids is 1. The fourth-order valence-corrected chi connectivity index (χ4v) is 0.954. The van der Waals surface area contributed by atoms with Crippen molar-refractivity contribution in [3.05, 3.63) is 29.3 Å². The molecule has 0 heterocycles. The lowest BCUT2D eigenvalue weighted by Crippen LogP contribution is -1.97. The molecule has 0 radical (unpaired) electrons. The Hall–Kier alpha value is -1.95. The standard InChI is InChI=1S/C10H8O3/c1-3-7-6-8(10(11)12)4-5-9(7)13-2/h1,4-6H,2H3,(H,11,12). The number of carbonyl (C=O) groups is 1. The smallest absolute Gasteiger partial charge is 0.335 e. The van der Waals surface area contributed by atoms with Crippen LogP contribution in [0.2, 0.25) is 0 Å². The van der Waals surface area contributed by atoms with Crippen LogP contribution in [0.15, 0.2) is 18.2 Å². The lowest BCUT2D eigenvalue weighted by molar-refractivity contribution is 0.0697. The molecular weight excluding hydrogens is 168 g/mol. The lowest BCUT2D eigenvalue weighted by Gasteiger charge is -2.03.